The summed E-state index contributed by atoms with van der Waals surface area (Å²) >= 11 is 0. The Kier molecular flexibility index (Phi) is 28.2. The zero-order valence-electron chi connectivity index (χ0n) is 42.9. The van der Waals surface area contributed by atoms with Crippen LogP contribution in [-0.4, -0.2) is 219 Å². The van der Waals surface area contributed by atoms with Crippen molar-refractivity contribution < 1.29 is 87.5 Å². The van der Waals surface area contributed by atoms with Crippen LogP contribution in [0.5, 0.6) is 34.5 Å². The fourth-order valence-electron chi connectivity index (χ4n) is 6.66. The van der Waals surface area contributed by atoms with E-state index in [1.165, 1.54) is 0 Å². The molecule has 5 rings (SSSR count). The van der Waals surface area contributed by atoms with E-state index in [0.29, 0.717) is 79.3 Å². The van der Waals surface area contributed by atoms with Gasteiger partial charge < -0.3 is 87.5 Å². The second-order valence-electron chi connectivity index (χ2n) is 15.7. The lowest BCUT2D eigenvalue weighted by molar-refractivity contribution is 0.0696. The number of hydrogen-bond donors (Lipinski definition) is 6. The van der Waals surface area contributed by atoms with Crippen molar-refractivity contribution in [3.63, 3.8) is 0 Å². The number of aromatic nitrogens is 6. The Morgan fingerprint density at radius 3 is 0.803 bits per heavy atom. The highest BCUT2D eigenvalue weighted by Crippen LogP contribution is 2.38. The highest BCUT2D eigenvalue weighted by atomic mass is 16.6. The van der Waals surface area contributed by atoms with Crippen LogP contribution in [0.2, 0.25) is 0 Å². The van der Waals surface area contributed by atoms with E-state index in [2.05, 4.69) is 44.3 Å². The first-order valence-electron chi connectivity index (χ1n) is 24.5. The molecule has 0 radical (unpaired) electrons. The van der Waals surface area contributed by atoms with Crippen LogP contribution >= 0.6 is 0 Å². The van der Waals surface area contributed by atoms with Gasteiger partial charge >= 0.3 is 0 Å². The molecule has 2 heterocycles. The normalized spacial score (nSPS) is 10.9. The Morgan fingerprint density at radius 2 is 0.566 bits per heavy atom. The predicted octanol–water partition coefficient (Wildman–Crippen LogP) is 0.403. The van der Waals surface area contributed by atoms with Gasteiger partial charge in [-0.2, -0.15) is 0 Å². The minimum atomic E-state index is -0.176. The van der Waals surface area contributed by atoms with E-state index >= 15 is 0 Å². The van der Waals surface area contributed by atoms with Gasteiger partial charge in [-0.1, -0.05) is 34.1 Å². The van der Waals surface area contributed by atoms with Gasteiger partial charge in [0, 0.05) is 49.5 Å². The van der Waals surface area contributed by atoms with E-state index in [4.69, 9.17) is 56.8 Å². The SMILES string of the molecule is Cn1cc(-c2cc(OCCOCCO)c(C#Cc3cc(OCCOCCO)c(C#Cc4cc(OCCOCCO)c(-c5cn(C)nn5)cc4OCCOCCO)cc3OCCOCCO)cc2OCCOCCO)nn1. The molecule has 0 bridgehead atoms. The summed E-state index contributed by atoms with van der Waals surface area (Å²) in [4.78, 5) is 0. The first kappa shape index (κ1) is 60.2. The fourth-order valence-corrected chi connectivity index (χ4v) is 6.66. The molecule has 0 saturated carbocycles. The smallest absolute Gasteiger partial charge is 0.136 e. The van der Waals surface area contributed by atoms with Crippen LogP contribution in [-0.2, 0) is 42.5 Å². The van der Waals surface area contributed by atoms with Gasteiger partial charge in [0.2, 0.25) is 0 Å². The number of benzene rings is 3. The van der Waals surface area contributed by atoms with Crippen LogP contribution in [0.25, 0.3) is 22.5 Å². The third-order valence-electron chi connectivity index (χ3n) is 9.99. The van der Waals surface area contributed by atoms with Crippen LogP contribution in [0, 0.1) is 23.7 Å². The molecule has 0 saturated heterocycles. The average molecular weight is 1070 g/mol. The van der Waals surface area contributed by atoms with Gasteiger partial charge in [-0.25, -0.2) is 0 Å². The summed E-state index contributed by atoms with van der Waals surface area (Å²) in [5.74, 6) is 15.0. The number of aliphatic hydroxyl groups is 6. The van der Waals surface area contributed by atoms with E-state index < -0.39 is 0 Å². The molecule has 24 heteroatoms. The zero-order valence-corrected chi connectivity index (χ0v) is 42.9. The lowest BCUT2D eigenvalue weighted by Gasteiger charge is -2.16. The first-order valence-corrected chi connectivity index (χ1v) is 24.5. The summed E-state index contributed by atoms with van der Waals surface area (Å²) in [6.07, 6.45) is 3.45. The summed E-state index contributed by atoms with van der Waals surface area (Å²) in [7, 11) is 3.48. The molecule has 0 unspecified atom stereocenters. The standard InChI is InChI=1S/C52H68N6O18/c1-57-37-45(53-55-57)43-35-49(73-27-21-67-15-9-61)41(33-51(43)75-29-23-69-17-11-63)5-3-39-31-48(72-26-20-66-14-8-60)40(32-47(39)71-25-19-65-13-7-59)4-6-42-34-52(76-30-24-70-18-12-64)44(46-38-58(2)56-54-46)36-50(42)74-28-22-68-16-10-62/h31-38,59-64H,7-30H2,1-2H3. The molecule has 414 valence electrons. The second kappa shape index (κ2) is 35.6. The first-order chi connectivity index (χ1) is 37.3. The maximum atomic E-state index is 9.36. The molecular formula is C52H68N6O18. The maximum absolute atomic E-state index is 9.36. The van der Waals surface area contributed by atoms with Crippen LogP contribution in [0.4, 0.5) is 0 Å². The summed E-state index contributed by atoms with van der Waals surface area (Å²) in [5, 5.41) is 72.6. The number of rotatable bonds is 38. The topological polar surface area (TPSA) is 294 Å². The van der Waals surface area contributed by atoms with E-state index in [0.717, 1.165) is 0 Å². The minimum Gasteiger partial charge on any atom is -0.490 e. The summed E-state index contributed by atoms with van der Waals surface area (Å²) in [6.45, 7) is 1.37. The van der Waals surface area contributed by atoms with Crippen molar-refractivity contribution >= 4 is 0 Å². The molecule has 0 fully saturated rings. The molecule has 2 aromatic heterocycles. The Hall–Kier alpha value is -6.62. The lowest BCUT2D eigenvalue weighted by Crippen LogP contribution is -2.12. The number of hydrogen-bond acceptors (Lipinski definition) is 22. The molecule has 3 aromatic carbocycles. The van der Waals surface area contributed by atoms with Crippen LogP contribution in [0.15, 0.2) is 48.8 Å². The molecule has 0 aliphatic rings. The average Bonchev–Trinajstić information content (AvgIpc) is 4.08. The largest absolute Gasteiger partial charge is 0.490 e. The molecule has 5 aromatic rings. The van der Waals surface area contributed by atoms with Gasteiger partial charge in [0.15, 0.2) is 0 Å². The van der Waals surface area contributed by atoms with Crippen molar-refractivity contribution in [3.8, 4) is 80.7 Å². The third kappa shape index (κ3) is 20.8. The Bertz CT molecular complexity index is 2410. The van der Waals surface area contributed by atoms with Crippen molar-refractivity contribution in [2.75, 3.05) is 159 Å². The lowest BCUT2D eigenvalue weighted by atomic mass is 10.0. The number of ether oxygens (including phenoxy) is 12. The van der Waals surface area contributed by atoms with Crippen molar-refractivity contribution in [2.45, 2.75) is 0 Å². The molecule has 6 N–H and O–H groups in total. The van der Waals surface area contributed by atoms with Crippen LogP contribution in [0.1, 0.15) is 22.3 Å². The summed E-state index contributed by atoms with van der Waals surface area (Å²) in [5.41, 5.74) is 3.64. The molecule has 0 aliphatic heterocycles. The van der Waals surface area contributed by atoms with Crippen molar-refractivity contribution in [2.24, 2.45) is 14.1 Å². The highest BCUT2D eigenvalue weighted by molar-refractivity contribution is 5.73. The fraction of sp³-hybridized carbons (Fsp3) is 0.500. The van der Waals surface area contributed by atoms with Gasteiger partial charge in [-0.3, -0.25) is 9.36 Å². The zero-order chi connectivity index (χ0) is 54.0. The summed E-state index contributed by atoms with van der Waals surface area (Å²) in [6, 6.07) is 10.2. The van der Waals surface area contributed by atoms with Gasteiger partial charge in [0.25, 0.3) is 0 Å². The third-order valence-corrected chi connectivity index (χ3v) is 9.99. The van der Waals surface area contributed by atoms with E-state index in [9.17, 15) is 30.6 Å². The molecular weight excluding hydrogens is 997 g/mol. The van der Waals surface area contributed by atoms with Gasteiger partial charge in [-0.15, -0.1) is 10.2 Å². The molecule has 0 aliphatic carbocycles. The summed E-state index contributed by atoms with van der Waals surface area (Å²) < 4.78 is 73.6. The Labute approximate surface area is 440 Å². The van der Waals surface area contributed by atoms with Crippen LogP contribution in [0.3, 0.4) is 0 Å². The van der Waals surface area contributed by atoms with Gasteiger partial charge in [-0.05, 0) is 12.1 Å². The van der Waals surface area contributed by atoms with E-state index in [1.807, 2.05) is 0 Å². The van der Waals surface area contributed by atoms with E-state index in [-0.39, 0.29) is 159 Å². The minimum absolute atomic E-state index is 0.0605. The van der Waals surface area contributed by atoms with Gasteiger partial charge in [0.05, 0.1) is 154 Å². The molecule has 0 spiro atoms. The molecule has 0 amide bonds. The Morgan fingerprint density at radius 1 is 0.329 bits per heavy atom. The number of aryl methyl sites for hydroxylation is 2. The molecule has 0 atom stereocenters. The van der Waals surface area contributed by atoms with Gasteiger partial charge in [0.1, 0.15) is 85.5 Å². The van der Waals surface area contributed by atoms with E-state index in [1.54, 1.807) is 72.3 Å². The molecule has 76 heavy (non-hydrogen) atoms. The predicted molar refractivity (Wildman–Crippen MR) is 272 cm³/mol. The van der Waals surface area contributed by atoms with Crippen molar-refractivity contribution in [1.82, 2.24) is 30.0 Å². The maximum Gasteiger partial charge on any atom is 0.136 e. The number of aliphatic hydroxyl groups excluding tert-OH is 6. The quantitative estimate of drug-likeness (QED) is 0.0230. The molecule has 24 nitrogen and oxygen atoms in total. The number of nitrogens with zero attached hydrogens (tertiary/aromatic N) is 6. The van der Waals surface area contributed by atoms with Crippen molar-refractivity contribution in [3.05, 3.63) is 71.0 Å². The Balaban J connectivity index is 1.67. The van der Waals surface area contributed by atoms with Crippen molar-refractivity contribution in [1.29, 1.82) is 0 Å². The second-order valence-corrected chi connectivity index (χ2v) is 15.7. The van der Waals surface area contributed by atoms with Crippen LogP contribution < -0.4 is 28.4 Å². The highest BCUT2D eigenvalue weighted by Gasteiger charge is 2.19. The monoisotopic (exact) mass is 1060 g/mol.